The molecule has 3 N–H and O–H groups in total. The van der Waals surface area contributed by atoms with Crippen molar-refractivity contribution >= 4 is 63.0 Å². The van der Waals surface area contributed by atoms with E-state index in [-0.39, 0.29) is 17.9 Å². The zero-order valence-corrected chi connectivity index (χ0v) is 29.9. The predicted octanol–water partition coefficient (Wildman–Crippen LogP) is 5.98. The Hall–Kier alpha value is -4.80. The van der Waals surface area contributed by atoms with Gasteiger partial charge in [0.05, 0.1) is 53.3 Å². The van der Waals surface area contributed by atoms with Crippen molar-refractivity contribution in [3.8, 4) is 23.3 Å². The molecule has 3 heterocycles. The standard InChI is InChI=1S/C37H39Cl2N7O5/c1-49-32-19-31(27(38)17-28(32)39)43-36-24(20-40)21-41-30-18-34(33(50-2)16-26(30)36)51-15-3-10-45-11-13-46(14-12-45)22-23-4-6-25(7-5-23)42-29-8-9-35(47)44-37(29)48/h4-7,16-19,21,29,42H,3,8-15,22H2,1-2H3,(H,41,43)(H,44,47,48). The number of nitrogens with zero attached hydrogens (tertiary/aromatic N) is 4. The summed E-state index contributed by atoms with van der Waals surface area (Å²) in [5.74, 6) is 1.05. The van der Waals surface area contributed by atoms with Crippen molar-refractivity contribution in [1.29, 1.82) is 5.26 Å². The SMILES string of the molecule is COc1cc(Nc2c(C#N)cnc3cc(OCCCN4CCN(Cc5ccc(NC6CCC(=O)NC6=O)cc5)CC4)c(OC)cc23)c(Cl)cc1Cl. The number of amides is 2. The molecule has 1 unspecified atom stereocenters. The van der Waals surface area contributed by atoms with E-state index in [4.69, 9.17) is 37.4 Å². The van der Waals surface area contributed by atoms with Gasteiger partial charge in [0.15, 0.2) is 11.5 Å². The van der Waals surface area contributed by atoms with Crippen molar-refractivity contribution in [2.24, 2.45) is 0 Å². The van der Waals surface area contributed by atoms with E-state index < -0.39 is 0 Å². The quantitative estimate of drug-likeness (QED) is 0.111. The molecule has 2 saturated heterocycles. The zero-order valence-electron chi connectivity index (χ0n) is 28.4. The van der Waals surface area contributed by atoms with Crippen LogP contribution < -0.4 is 30.2 Å². The number of hydrogen-bond acceptors (Lipinski definition) is 11. The third kappa shape index (κ3) is 8.75. The van der Waals surface area contributed by atoms with Crippen LogP contribution in [-0.2, 0) is 16.1 Å². The van der Waals surface area contributed by atoms with Crippen LogP contribution >= 0.6 is 23.2 Å². The van der Waals surface area contributed by atoms with E-state index in [0.29, 0.717) is 74.6 Å². The number of aromatic nitrogens is 1. The summed E-state index contributed by atoms with van der Waals surface area (Å²) in [6, 6.07) is 16.8. The number of carbonyl (C=O) groups is 2. The number of hydrogen-bond donors (Lipinski definition) is 3. The molecular weight excluding hydrogens is 693 g/mol. The van der Waals surface area contributed by atoms with E-state index in [1.54, 1.807) is 19.2 Å². The molecule has 0 spiro atoms. The number of imide groups is 1. The first kappa shape index (κ1) is 36.0. The summed E-state index contributed by atoms with van der Waals surface area (Å²) in [5, 5.41) is 20.2. The molecule has 266 valence electrons. The number of anilines is 3. The minimum Gasteiger partial charge on any atom is -0.495 e. The van der Waals surface area contributed by atoms with Crippen LogP contribution in [0.4, 0.5) is 17.1 Å². The van der Waals surface area contributed by atoms with E-state index in [0.717, 1.165) is 51.4 Å². The third-order valence-electron chi connectivity index (χ3n) is 9.06. The maximum atomic E-state index is 12.0. The molecule has 0 radical (unpaired) electrons. The van der Waals surface area contributed by atoms with Gasteiger partial charge in [0, 0.05) is 75.1 Å². The molecule has 0 bridgehead atoms. The lowest BCUT2D eigenvalue weighted by molar-refractivity contribution is -0.133. The summed E-state index contributed by atoms with van der Waals surface area (Å²) in [4.78, 5) is 32.9. The van der Waals surface area contributed by atoms with Crippen LogP contribution in [0.25, 0.3) is 10.9 Å². The smallest absolute Gasteiger partial charge is 0.249 e. The van der Waals surface area contributed by atoms with Crippen LogP contribution in [0.3, 0.4) is 0 Å². The summed E-state index contributed by atoms with van der Waals surface area (Å²) in [5.41, 5.74) is 4.09. The maximum absolute atomic E-state index is 12.0. The first-order valence-electron chi connectivity index (χ1n) is 16.7. The molecule has 4 aromatic rings. The second-order valence-corrected chi connectivity index (χ2v) is 13.2. The summed E-state index contributed by atoms with van der Waals surface area (Å²) in [7, 11) is 3.10. The normalized spacial score (nSPS) is 16.7. The van der Waals surface area contributed by atoms with E-state index in [1.807, 2.05) is 24.3 Å². The molecule has 14 heteroatoms. The first-order chi connectivity index (χ1) is 24.7. The van der Waals surface area contributed by atoms with Crippen LogP contribution in [0.2, 0.25) is 10.0 Å². The Morgan fingerprint density at radius 1 is 0.961 bits per heavy atom. The number of pyridine rings is 1. The molecule has 6 rings (SSSR count). The molecule has 2 aliphatic rings. The highest BCUT2D eigenvalue weighted by Crippen LogP contribution is 2.40. The number of methoxy groups -OCH3 is 2. The fourth-order valence-electron chi connectivity index (χ4n) is 6.25. The van der Waals surface area contributed by atoms with E-state index in [2.05, 4.69) is 48.9 Å². The number of ether oxygens (including phenoxy) is 3. The van der Waals surface area contributed by atoms with Crippen molar-refractivity contribution in [3.05, 3.63) is 75.9 Å². The van der Waals surface area contributed by atoms with E-state index in [9.17, 15) is 14.9 Å². The van der Waals surface area contributed by atoms with Crippen molar-refractivity contribution in [1.82, 2.24) is 20.1 Å². The molecule has 1 atom stereocenters. The van der Waals surface area contributed by atoms with Crippen molar-refractivity contribution in [3.63, 3.8) is 0 Å². The third-order valence-corrected chi connectivity index (χ3v) is 9.66. The second kappa shape index (κ2) is 16.5. The molecule has 3 aromatic carbocycles. The Bertz CT molecular complexity index is 1950. The summed E-state index contributed by atoms with van der Waals surface area (Å²) < 4.78 is 17.2. The Labute approximate surface area is 306 Å². The summed E-state index contributed by atoms with van der Waals surface area (Å²) in [6.45, 7) is 6.15. The minimum atomic E-state index is -0.388. The van der Waals surface area contributed by atoms with Crippen molar-refractivity contribution in [2.45, 2.75) is 31.8 Å². The van der Waals surface area contributed by atoms with Crippen LogP contribution in [0.1, 0.15) is 30.4 Å². The Morgan fingerprint density at radius 2 is 1.71 bits per heavy atom. The lowest BCUT2D eigenvalue weighted by Gasteiger charge is -2.34. The highest BCUT2D eigenvalue weighted by molar-refractivity contribution is 6.37. The number of piperidine rings is 1. The Kier molecular flexibility index (Phi) is 11.6. The predicted molar refractivity (Wildman–Crippen MR) is 197 cm³/mol. The molecular formula is C37H39Cl2N7O5. The largest absolute Gasteiger partial charge is 0.495 e. The Balaban J connectivity index is 0.995. The van der Waals surface area contributed by atoms with Gasteiger partial charge in [-0.25, -0.2) is 0 Å². The number of nitriles is 1. The highest BCUT2D eigenvalue weighted by Gasteiger charge is 2.26. The summed E-state index contributed by atoms with van der Waals surface area (Å²) >= 11 is 12.7. The molecule has 2 aliphatic heterocycles. The van der Waals surface area contributed by atoms with Gasteiger partial charge in [-0.05, 0) is 42.7 Å². The number of fused-ring (bicyclic) bond motifs is 1. The molecule has 1 aromatic heterocycles. The molecule has 51 heavy (non-hydrogen) atoms. The van der Waals surface area contributed by atoms with Gasteiger partial charge in [-0.2, -0.15) is 5.26 Å². The second-order valence-electron chi connectivity index (χ2n) is 12.4. The Morgan fingerprint density at radius 3 is 2.41 bits per heavy atom. The van der Waals surface area contributed by atoms with Gasteiger partial charge in [-0.3, -0.25) is 24.8 Å². The monoisotopic (exact) mass is 731 g/mol. The van der Waals surface area contributed by atoms with Gasteiger partial charge < -0.3 is 29.7 Å². The summed E-state index contributed by atoms with van der Waals surface area (Å²) in [6.07, 6.45) is 3.20. The van der Waals surface area contributed by atoms with Gasteiger partial charge in [-0.15, -0.1) is 0 Å². The van der Waals surface area contributed by atoms with Crippen molar-refractivity contribution < 1.29 is 23.8 Å². The fraction of sp³-hybridized carbons (Fsp3) is 0.351. The van der Waals surface area contributed by atoms with Crippen LogP contribution in [-0.4, -0.2) is 86.2 Å². The molecule has 2 fully saturated rings. The first-order valence-corrected chi connectivity index (χ1v) is 17.5. The highest BCUT2D eigenvalue weighted by atomic mass is 35.5. The number of rotatable bonds is 13. The number of piperazine rings is 1. The minimum absolute atomic E-state index is 0.216. The molecule has 2 amide bonds. The average molecular weight is 733 g/mol. The van der Waals surface area contributed by atoms with Crippen molar-refractivity contribution in [2.75, 3.05) is 64.2 Å². The van der Waals surface area contributed by atoms with Crippen LogP contribution in [0, 0.1) is 11.3 Å². The number of carbonyl (C=O) groups excluding carboxylic acids is 2. The molecule has 0 aliphatic carbocycles. The topological polar surface area (TPSA) is 141 Å². The van der Waals surface area contributed by atoms with Gasteiger partial charge in [0.2, 0.25) is 11.8 Å². The average Bonchev–Trinajstić information content (AvgIpc) is 3.13. The van der Waals surface area contributed by atoms with Crippen LogP contribution in [0.15, 0.2) is 54.7 Å². The number of halogens is 2. The zero-order chi connectivity index (χ0) is 35.9. The van der Waals surface area contributed by atoms with Gasteiger partial charge >= 0.3 is 0 Å². The maximum Gasteiger partial charge on any atom is 0.249 e. The van der Waals surface area contributed by atoms with Gasteiger partial charge in [0.1, 0.15) is 17.9 Å². The van der Waals surface area contributed by atoms with Gasteiger partial charge in [0.25, 0.3) is 0 Å². The number of nitrogens with one attached hydrogen (secondary N) is 3. The molecule has 0 saturated carbocycles. The van der Waals surface area contributed by atoms with Crippen LogP contribution in [0.5, 0.6) is 17.2 Å². The van der Waals surface area contributed by atoms with E-state index >= 15 is 0 Å². The number of benzene rings is 3. The lowest BCUT2D eigenvalue weighted by Crippen LogP contribution is -2.47. The van der Waals surface area contributed by atoms with Gasteiger partial charge in [-0.1, -0.05) is 35.3 Å². The van der Waals surface area contributed by atoms with E-state index in [1.165, 1.54) is 18.9 Å². The fourth-order valence-corrected chi connectivity index (χ4v) is 6.75. The lowest BCUT2D eigenvalue weighted by atomic mass is 10.1. The molecule has 12 nitrogen and oxygen atoms in total.